The Balaban J connectivity index is 1.07. The van der Waals surface area contributed by atoms with Crippen LogP contribution in [0.2, 0.25) is 0 Å². The Hall–Kier alpha value is -0.200. The van der Waals surface area contributed by atoms with E-state index in [1.165, 1.54) is 25.9 Å². The molecule has 2 aliphatic heterocycles. The highest BCUT2D eigenvalue weighted by molar-refractivity contribution is 5.07. The van der Waals surface area contributed by atoms with Crippen LogP contribution in [0.3, 0.4) is 0 Å². The van der Waals surface area contributed by atoms with E-state index in [1.54, 1.807) is 0 Å². The van der Waals surface area contributed by atoms with Crippen LogP contribution in [0.5, 0.6) is 0 Å². The molecule has 5 heteroatoms. The number of nitrogens with zero attached hydrogens (tertiary/aromatic N) is 2. The van der Waals surface area contributed by atoms with Crippen molar-refractivity contribution in [1.29, 1.82) is 0 Å². The topological polar surface area (TPSA) is 34.2 Å². The second-order valence-corrected chi connectivity index (χ2v) is 11.3. The largest absolute Gasteiger partial charge is 0.381 e. The van der Waals surface area contributed by atoms with Gasteiger partial charge in [-0.3, -0.25) is 9.80 Å². The van der Waals surface area contributed by atoms with Crippen LogP contribution in [0.15, 0.2) is 0 Å². The summed E-state index contributed by atoms with van der Waals surface area (Å²) in [7, 11) is 0. The van der Waals surface area contributed by atoms with Crippen molar-refractivity contribution in [3.05, 3.63) is 0 Å². The van der Waals surface area contributed by atoms with Crippen LogP contribution in [-0.4, -0.2) is 85.7 Å². The van der Waals surface area contributed by atoms with Gasteiger partial charge in [0.15, 0.2) is 0 Å². The summed E-state index contributed by atoms with van der Waals surface area (Å²) < 4.78 is 17.6. The summed E-state index contributed by atoms with van der Waals surface area (Å²) in [6.45, 7) is 21.6. The number of hydrogen-bond donors (Lipinski definition) is 0. The fourth-order valence-electron chi connectivity index (χ4n) is 4.54. The minimum absolute atomic E-state index is 0.274. The fourth-order valence-corrected chi connectivity index (χ4v) is 4.54. The molecule has 0 N–H and O–H groups in total. The van der Waals surface area contributed by atoms with E-state index in [9.17, 15) is 0 Å². The van der Waals surface area contributed by atoms with Crippen LogP contribution in [0.25, 0.3) is 0 Å². The lowest BCUT2D eigenvalue weighted by atomic mass is 9.61. The molecule has 0 aromatic rings. The molecule has 0 atom stereocenters. The van der Waals surface area contributed by atoms with Crippen molar-refractivity contribution < 1.29 is 14.2 Å². The molecule has 28 heavy (non-hydrogen) atoms. The predicted octanol–water partition coefficient (Wildman–Crippen LogP) is 3.56. The van der Waals surface area contributed by atoms with E-state index in [1.807, 2.05) is 0 Å². The number of rotatable bonds is 10. The van der Waals surface area contributed by atoms with Crippen molar-refractivity contribution in [3.63, 3.8) is 0 Å². The monoisotopic (exact) mass is 396 g/mol. The quantitative estimate of drug-likeness (QED) is 0.528. The van der Waals surface area contributed by atoms with E-state index in [0.717, 1.165) is 52.4 Å². The molecule has 0 aromatic heterocycles. The van der Waals surface area contributed by atoms with Gasteiger partial charge in [0.25, 0.3) is 0 Å². The van der Waals surface area contributed by atoms with Crippen LogP contribution in [0.1, 0.15) is 67.2 Å². The molecule has 0 amide bonds. The molecular formula is C23H44N2O3. The normalized spacial score (nSPS) is 24.2. The molecule has 1 aliphatic carbocycles. The Morgan fingerprint density at radius 1 is 0.714 bits per heavy atom. The Labute approximate surface area is 173 Å². The summed E-state index contributed by atoms with van der Waals surface area (Å²) in [4.78, 5) is 5.05. The summed E-state index contributed by atoms with van der Waals surface area (Å²) >= 11 is 0. The summed E-state index contributed by atoms with van der Waals surface area (Å²) in [5.41, 5.74) is 1.18. The van der Waals surface area contributed by atoms with Crippen molar-refractivity contribution in [1.82, 2.24) is 9.80 Å². The van der Waals surface area contributed by atoms with Crippen molar-refractivity contribution in [2.75, 3.05) is 52.6 Å². The van der Waals surface area contributed by atoms with E-state index in [4.69, 9.17) is 14.2 Å². The zero-order chi connectivity index (χ0) is 20.4. The van der Waals surface area contributed by atoms with Gasteiger partial charge in [0.1, 0.15) is 0 Å². The molecule has 164 valence electrons. The standard InChI is InChI=1S/C23H44N2O3/c1-21(2,3)24-15-20(16-24)28-12-8-10-26-9-7-11-27-19-13-23(14-19)17-25(18-23)22(4,5)6/h19-20H,7-18H2,1-6H3. The van der Waals surface area contributed by atoms with Gasteiger partial charge in [-0.25, -0.2) is 0 Å². The van der Waals surface area contributed by atoms with Gasteiger partial charge in [0.05, 0.1) is 12.2 Å². The van der Waals surface area contributed by atoms with E-state index < -0.39 is 0 Å². The first-order valence-electron chi connectivity index (χ1n) is 11.4. The molecule has 3 aliphatic rings. The first-order chi connectivity index (χ1) is 13.1. The first kappa shape index (κ1) is 22.5. The van der Waals surface area contributed by atoms with Crippen molar-refractivity contribution in [2.45, 2.75) is 90.5 Å². The van der Waals surface area contributed by atoms with Gasteiger partial charge in [0.2, 0.25) is 0 Å². The molecule has 3 rings (SSSR count). The molecule has 0 radical (unpaired) electrons. The Morgan fingerprint density at radius 3 is 1.71 bits per heavy atom. The molecule has 0 aromatic carbocycles. The van der Waals surface area contributed by atoms with Gasteiger partial charge in [0, 0.05) is 69.1 Å². The third-order valence-electron chi connectivity index (χ3n) is 6.69. The van der Waals surface area contributed by atoms with E-state index in [0.29, 0.717) is 23.2 Å². The lowest BCUT2D eigenvalue weighted by molar-refractivity contribution is -0.172. The Morgan fingerprint density at radius 2 is 1.21 bits per heavy atom. The highest BCUT2D eigenvalue weighted by Gasteiger charge is 2.54. The maximum atomic E-state index is 6.02. The van der Waals surface area contributed by atoms with Gasteiger partial charge < -0.3 is 14.2 Å². The zero-order valence-corrected chi connectivity index (χ0v) is 19.3. The van der Waals surface area contributed by atoms with Gasteiger partial charge in [-0.05, 0) is 67.2 Å². The molecule has 2 saturated heterocycles. The molecule has 1 saturated carbocycles. The van der Waals surface area contributed by atoms with Crippen LogP contribution in [-0.2, 0) is 14.2 Å². The minimum atomic E-state index is 0.274. The third kappa shape index (κ3) is 5.91. The van der Waals surface area contributed by atoms with Crippen LogP contribution in [0.4, 0.5) is 0 Å². The second kappa shape index (κ2) is 8.89. The SMILES string of the molecule is CC(C)(C)N1CC(OCCCOCCCOC2CC3(C2)CN(C(C)(C)C)C3)C1. The van der Waals surface area contributed by atoms with E-state index >= 15 is 0 Å². The van der Waals surface area contributed by atoms with Crippen LogP contribution < -0.4 is 0 Å². The average molecular weight is 397 g/mol. The van der Waals surface area contributed by atoms with E-state index in [2.05, 4.69) is 51.3 Å². The summed E-state index contributed by atoms with van der Waals surface area (Å²) in [5, 5.41) is 0. The highest BCUT2D eigenvalue weighted by Crippen LogP contribution is 2.51. The van der Waals surface area contributed by atoms with Gasteiger partial charge in [-0.15, -0.1) is 0 Å². The third-order valence-corrected chi connectivity index (χ3v) is 6.69. The summed E-state index contributed by atoms with van der Waals surface area (Å²) in [6, 6.07) is 0. The molecular weight excluding hydrogens is 352 g/mol. The molecule has 1 spiro atoms. The zero-order valence-electron chi connectivity index (χ0n) is 19.3. The van der Waals surface area contributed by atoms with Gasteiger partial charge in [-0.1, -0.05) is 0 Å². The highest BCUT2D eigenvalue weighted by atomic mass is 16.5. The van der Waals surface area contributed by atoms with Crippen LogP contribution >= 0.6 is 0 Å². The Bertz CT molecular complexity index is 477. The lowest BCUT2D eigenvalue weighted by Crippen LogP contribution is -2.68. The lowest BCUT2D eigenvalue weighted by Gasteiger charge is -2.62. The maximum Gasteiger partial charge on any atom is 0.0829 e. The predicted molar refractivity (Wildman–Crippen MR) is 114 cm³/mol. The molecule has 5 nitrogen and oxygen atoms in total. The first-order valence-corrected chi connectivity index (χ1v) is 11.4. The number of likely N-dealkylation sites (tertiary alicyclic amines) is 2. The summed E-state index contributed by atoms with van der Waals surface area (Å²) in [5.74, 6) is 0. The minimum Gasteiger partial charge on any atom is -0.381 e. The Kier molecular flexibility index (Phi) is 7.14. The van der Waals surface area contributed by atoms with Gasteiger partial charge in [-0.2, -0.15) is 0 Å². The van der Waals surface area contributed by atoms with Crippen molar-refractivity contribution >= 4 is 0 Å². The maximum absolute atomic E-state index is 6.02. The van der Waals surface area contributed by atoms with Crippen molar-refractivity contribution in [2.24, 2.45) is 5.41 Å². The number of hydrogen-bond acceptors (Lipinski definition) is 5. The smallest absolute Gasteiger partial charge is 0.0829 e. The fraction of sp³-hybridized carbons (Fsp3) is 1.00. The van der Waals surface area contributed by atoms with Crippen molar-refractivity contribution in [3.8, 4) is 0 Å². The van der Waals surface area contributed by atoms with E-state index in [-0.39, 0.29) is 5.54 Å². The number of ether oxygens (including phenoxy) is 3. The van der Waals surface area contributed by atoms with Crippen LogP contribution in [0, 0.1) is 5.41 Å². The molecule has 2 heterocycles. The summed E-state index contributed by atoms with van der Waals surface area (Å²) in [6.07, 6.45) is 5.41. The van der Waals surface area contributed by atoms with Gasteiger partial charge >= 0.3 is 0 Å². The average Bonchev–Trinajstić information content (AvgIpc) is 2.44. The molecule has 0 unspecified atom stereocenters. The molecule has 0 bridgehead atoms. The second-order valence-electron chi connectivity index (χ2n) is 11.3. The molecule has 3 fully saturated rings.